The Kier molecular flexibility index (Phi) is 3.86. The summed E-state index contributed by atoms with van der Waals surface area (Å²) in [5.41, 5.74) is 0.155. The molecule has 8 heteroatoms. The highest BCUT2D eigenvalue weighted by Crippen LogP contribution is 2.32. The molecule has 19 heavy (non-hydrogen) atoms. The van der Waals surface area contributed by atoms with Gasteiger partial charge in [-0.05, 0) is 6.07 Å². The maximum atomic E-state index is 13.5. The van der Waals surface area contributed by atoms with Crippen molar-refractivity contribution < 1.29 is 14.1 Å². The van der Waals surface area contributed by atoms with E-state index in [1.165, 1.54) is 18.5 Å². The second-order valence-corrected chi connectivity index (χ2v) is 3.72. The lowest BCUT2D eigenvalue weighted by Gasteiger charge is -2.05. The van der Waals surface area contributed by atoms with E-state index in [4.69, 9.17) is 16.3 Å². The third-order valence-corrected chi connectivity index (χ3v) is 2.48. The lowest BCUT2D eigenvalue weighted by atomic mass is 10.3. The number of hydrogen-bond acceptors (Lipinski definition) is 5. The second-order valence-electron chi connectivity index (χ2n) is 3.45. The molecule has 0 aliphatic carbocycles. The number of hydrogen-bond donors (Lipinski definition) is 0. The van der Waals surface area contributed by atoms with Crippen LogP contribution in [-0.2, 0) is 5.88 Å². The van der Waals surface area contributed by atoms with Crippen molar-refractivity contribution in [3.8, 4) is 11.8 Å². The van der Waals surface area contributed by atoms with Gasteiger partial charge in [0.1, 0.15) is 0 Å². The van der Waals surface area contributed by atoms with Crippen molar-refractivity contribution in [1.29, 1.82) is 0 Å². The van der Waals surface area contributed by atoms with Gasteiger partial charge in [-0.15, -0.1) is 11.6 Å². The normalized spacial score (nSPS) is 10.2. The van der Waals surface area contributed by atoms with E-state index in [2.05, 4.69) is 9.97 Å². The van der Waals surface area contributed by atoms with Crippen LogP contribution in [-0.4, -0.2) is 14.9 Å². The number of nitrogens with zero attached hydrogens (tertiary/aromatic N) is 3. The van der Waals surface area contributed by atoms with Gasteiger partial charge >= 0.3 is 11.7 Å². The summed E-state index contributed by atoms with van der Waals surface area (Å²) in [7, 11) is 0. The summed E-state index contributed by atoms with van der Waals surface area (Å²) in [6, 6.07) is 3.21. The van der Waals surface area contributed by atoms with Gasteiger partial charge in [0.15, 0.2) is 5.82 Å². The Bertz CT molecular complexity index is 607. The van der Waals surface area contributed by atoms with Crippen LogP contribution in [0.25, 0.3) is 0 Å². The molecule has 1 aromatic heterocycles. The van der Waals surface area contributed by atoms with Crippen LogP contribution in [0.4, 0.5) is 10.1 Å². The third-order valence-electron chi connectivity index (χ3n) is 2.17. The van der Waals surface area contributed by atoms with E-state index in [-0.39, 0.29) is 11.9 Å². The molecule has 0 aliphatic rings. The number of halogens is 2. The molecule has 6 nitrogen and oxygen atoms in total. The lowest BCUT2D eigenvalue weighted by molar-refractivity contribution is -0.385. The molecule has 0 N–H and O–H groups in total. The lowest BCUT2D eigenvalue weighted by Crippen LogP contribution is -1.99. The second kappa shape index (κ2) is 5.57. The maximum Gasteiger partial charge on any atom is 0.322 e. The highest BCUT2D eigenvalue weighted by molar-refractivity contribution is 6.17. The summed E-state index contributed by atoms with van der Waals surface area (Å²) in [5.74, 6) is -1.16. The molecule has 98 valence electrons. The summed E-state index contributed by atoms with van der Waals surface area (Å²) in [4.78, 5) is 17.6. The van der Waals surface area contributed by atoms with Crippen molar-refractivity contribution in [1.82, 2.24) is 9.97 Å². The van der Waals surface area contributed by atoms with Crippen LogP contribution in [0, 0.1) is 15.9 Å². The van der Waals surface area contributed by atoms with Gasteiger partial charge in [-0.25, -0.2) is 14.4 Å². The Labute approximate surface area is 112 Å². The van der Waals surface area contributed by atoms with E-state index in [1.807, 2.05) is 0 Å². The van der Waals surface area contributed by atoms with Gasteiger partial charge < -0.3 is 4.74 Å². The van der Waals surface area contributed by atoms with Gasteiger partial charge in [0.05, 0.1) is 10.8 Å². The van der Waals surface area contributed by atoms with Gasteiger partial charge in [-0.2, -0.15) is 0 Å². The Morgan fingerprint density at radius 1 is 1.37 bits per heavy atom. The van der Waals surface area contributed by atoms with Crippen molar-refractivity contribution >= 4 is 17.3 Å². The molecule has 0 unspecified atom stereocenters. The first-order valence-electron chi connectivity index (χ1n) is 5.09. The fourth-order valence-corrected chi connectivity index (χ4v) is 1.44. The molecule has 0 amide bonds. The van der Waals surface area contributed by atoms with E-state index in [1.54, 1.807) is 0 Å². The first kappa shape index (κ1) is 13.2. The number of aromatic nitrogens is 2. The first-order chi connectivity index (χ1) is 9.11. The molecular formula is C11H7ClFN3O3. The zero-order chi connectivity index (χ0) is 13.8. The highest BCUT2D eigenvalue weighted by atomic mass is 35.5. The molecule has 1 heterocycles. The zero-order valence-electron chi connectivity index (χ0n) is 9.42. The van der Waals surface area contributed by atoms with Crippen LogP contribution >= 0.6 is 11.6 Å². The molecule has 0 saturated carbocycles. The van der Waals surface area contributed by atoms with Gasteiger partial charge in [0.25, 0.3) is 0 Å². The standard InChI is InChI=1S/C11H7ClFN3O3/c12-4-7-5-14-11(15-6-7)19-10-8(13)2-1-3-9(10)16(17)18/h1-3,5-6H,4H2. The molecular weight excluding hydrogens is 277 g/mol. The monoisotopic (exact) mass is 283 g/mol. The average molecular weight is 284 g/mol. The number of para-hydroxylation sites is 1. The number of alkyl halides is 1. The average Bonchev–Trinajstić information content (AvgIpc) is 2.41. The summed E-state index contributed by atoms with van der Waals surface area (Å²) >= 11 is 5.56. The Balaban J connectivity index is 2.34. The predicted octanol–water partition coefficient (Wildman–Crippen LogP) is 3.06. The van der Waals surface area contributed by atoms with Gasteiger partial charge in [0, 0.05) is 24.0 Å². The maximum absolute atomic E-state index is 13.5. The molecule has 1 aromatic carbocycles. The van der Waals surface area contributed by atoms with Crippen LogP contribution in [0.1, 0.15) is 5.56 Å². The molecule has 2 aromatic rings. The minimum atomic E-state index is -0.862. The quantitative estimate of drug-likeness (QED) is 0.489. The summed E-state index contributed by atoms with van der Waals surface area (Å²) < 4.78 is 18.6. The number of ether oxygens (including phenoxy) is 1. The molecule has 0 radical (unpaired) electrons. The van der Waals surface area contributed by atoms with Crippen molar-refractivity contribution in [3.05, 3.63) is 52.1 Å². The Morgan fingerprint density at radius 2 is 2.05 bits per heavy atom. The molecule has 0 atom stereocenters. The summed E-state index contributed by atoms with van der Waals surface area (Å²) in [5, 5.41) is 10.8. The fraction of sp³-hybridized carbons (Fsp3) is 0.0909. The highest BCUT2D eigenvalue weighted by Gasteiger charge is 2.20. The smallest absolute Gasteiger partial charge is 0.322 e. The topological polar surface area (TPSA) is 78.2 Å². The van der Waals surface area contributed by atoms with Crippen molar-refractivity contribution in [2.24, 2.45) is 0 Å². The molecule has 0 bridgehead atoms. The minimum Gasteiger partial charge on any atom is -0.414 e. The van der Waals surface area contributed by atoms with Crippen LogP contribution in [0.15, 0.2) is 30.6 Å². The van der Waals surface area contributed by atoms with Crippen LogP contribution < -0.4 is 4.74 Å². The summed E-state index contributed by atoms with van der Waals surface area (Å²) in [6.07, 6.45) is 2.78. The summed E-state index contributed by atoms with van der Waals surface area (Å²) in [6.45, 7) is 0. The largest absolute Gasteiger partial charge is 0.414 e. The van der Waals surface area contributed by atoms with Crippen LogP contribution in [0.3, 0.4) is 0 Å². The Hall–Kier alpha value is -2.28. The number of benzene rings is 1. The zero-order valence-corrected chi connectivity index (χ0v) is 10.2. The predicted molar refractivity (Wildman–Crippen MR) is 64.7 cm³/mol. The fourth-order valence-electron chi connectivity index (χ4n) is 1.30. The molecule has 0 fully saturated rings. The van der Waals surface area contributed by atoms with E-state index in [9.17, 15) is 14.5 Å². The van der Waals surface area contributed by atoms with E-state index < -0.39 is 22.2 Å². The molecule has 0 spiro atoms. The number of rotatable bonds is 4. The van der Waals surface area contributed by atoms with Crippen LogP contribution in [0.2, 0.25) is 0 Å². The van der Waals surface area contributed by atoms with E-state index in [0.29, 0.717) is 5.56 Å². The third kappa shape index (κ3) is 2.94. The SMILES string of the molecule is O=[N+]([O-])c1cccc(F)c1Oc1ncc(CCl)cn1. The number of nitro benzene ring substituents is 1. The van der Waals surface area contributed by atoms with E-state index in [0.717, 1.165) is 12.1 Å². The van der Waals surface area contributed by atoms with Gasteiger partial charge in [0.2, 0.25) is 5.75 Å². The molecule has 2 rings (SSSR count). The molecule has 0 aliphatic heterocycles. The van der Waals surface area contributed by atoms with Gasteiger partial charge in [-0.1, -0.05) is 6.07 Å². The van der Waals surface area contributed by atoms with Crippen molar-refractivity contribution in [2.75, 3.05) is 0 Å². The van der Waals surface area contributed by atoms with E-state index >= 15 is 0 Å². The van der Waals surface area contributed by atoms with Crippen molar-refractivity contribution in [2.45, 2.75) is 5.88 Å². The van der Waals surface area contributed by atoms with Crippen LogP contribution in [0.5, 0.6) is 11.8 Å². The van der Waals surface area contributed by atoms with Gasteiger partial charge in [-0.3, -0.25) is 10.1 Å². The Morgan fingerprint density at radius 3 is 2.63 bits per heavy atom. The number of nitro groups is 1. The van der Waals surface area contributed by atoms with Crippen molar-refractivity contribution in [3.63, 3.8) is 0 Å². The molecule has 0 saturated heterocycles. The minimum absolute atomic E-state index is 0.193. The first-order valence-corrected chi connectivity index (χ1v) is 5.63.